The highest BCUT2D eigenvalue weighted by Gasteiger charge is 2.29. The van der Waals surface area contributed by atoms with Gasteiger partial charge in [-0.25, -0.2) is 4.39 Å². The van der Waals surface area contributed by atoms with E-state index in [4.69, 9.17) is 0 Å². The zero-order valence-corrected chi connectivity index (χ0v) is 16.4. The van der Waals surface area contributed by atoms with Crippen LogP contribution in [0, 0.1) is 5.82 Å². The number of hydrogen-bond acceptors (Lipinski definition) is 4. The summed E-state index contributed by atoms with van der Waals surface area (Å²) in [6.07, 6.45) is 4.62. The van der Waals surface area contributed by atoms with E-state index in [1.165, 1.54) is 25.8 Å². The van der Waals surface area contributed by atoms with Gasteiger partial charge in [-0.1, -0.05) is 12.8 Å². The summed E-state index contributed by atoms with van der Waals surface area (Å²) in [4.78, 5) is 30.4. The van der Waals surface area contributed by atoms with E-state index in [0.717, 1.165) is 39.0 Å². The first-order valence-corrected chi connectivity index (χ1v) is 10.1. The molecule has 6 heteroatoms. The molecule has 2 saturated heterocycles. The van der Waals surface area contributed by atoms with E-state index in [1.54, 1.807) is 12.1 Å². The van der Waals surface area contributed by atoms with Crippen LogP contribution in [0.5, 0.6) is 0 Å². The van der Waals surface area contributed by atoms with Crippen LogP contribution < -0.4 is 4.90 Å². The predicted molar refractivity (Wildman–Crippen MR) is 105 cm³/mol. The minimum absolute atomic E-state index is 0.129. The number of ketones is 1. The van der Waals surface area contributed by atoms with Gasteiger partial charge in [-0.2, -0.15) is 0 Å². The van der Waals surface area contributed by atoms with Crippen LogP contribution in [0.3, 0.4) is 0 Å². The average molecular weight is 375 g/mol. The molecule has 0 aliphatic carbocycles. The molecule has 1 amide bonds. The van der Waals surface area contributed by atoms with Crippen LogP contribution in [0.1, 0.15) is 49.9 Å². The molecule has 0 aromatic heterocycles. The second kappa shape index (κ2) is 8.83. The number of amides is 1. The molecule has 0 spiro atoms. The molecule has 2 heterocycles. The van der Waals surface area contributed by atoms with Gasteiger partial charge in [0.2, 0.25) is 5.91 Å². The molecule has 27 heavy (non-hydrogen) atoms. The maximum atomic E-state index is 14.4. The predicted octanol–water partition coefficient (Wildman–Crippen LogP) is 2.94. The fraction of sp³-hybridized carbons (Fsp3) is 0.619. The standard InChI is InChI=1S/C21H30FN3O2/c1-16(21(27)25-9-5-3-4-6-10-25)23-11-13-24(14-12-23)20-8-7-18(17(2)26)15-19(20)22/h7-8,15-16H,3-6,9-14H2,1-2H3. The van der Waals surface area contributed by atoms with Gasteiger partial charge in [-0.05, 0) is 44.9 Å². The molecule has 0 radical (unpaired) electrons. The number of carbonyl (C=O) groups excluding carboxylic acids is 2. The van der Waals surface area contributed by atoms with E-state index in [2.05, 4.69) is 4.90 Å². The summed E-state index contributed by atoms with van der Waals surface area (Å²) >= 11 is 0. The van der Waals surface area contributed by atoms with Crippen molar-refractivity contribution in [2.45, 2.75) is 45.6 Å². The zero-order chi connectivity index (χ0) is 19.4. The smallest absolute Gasteiger partial charge is 0.239 e. The highest BCUT2D eigenvalue weighted by Crippen LogP contribution is 2.23. The van der Waals surface area contributed by atoms with Gasteiger partial charge in [0.1, 0.15) is 5.82 Å². The Balaban J connectivity index is 1.58. The van der Waals surface area contributed by atoms with Crippen molar-refractivity contribution in [1.29, 1.82) is 0 Å². The first-order valence-electron chi connectivity index (χ1n) is 10.1. The molecule has 3 rings (SSSR count). The number of benzene rings is 1. The zero-order valence-electron chi connectivity index (χ0n) is 16.4. The molecule has 1 aromatic carbocycles. The van der Waals surface area contributed by atoms with Crippen molar-refractivity contribution in [3.63, 3.8) is 0 Å². The Morgan fingerprint density at radius 1 is 0.963 bits per heavy atom. The Morgan fingerprint density at radius 2 is 1.59 bits per heavy atom. The molecule has 5 nitrogen and oxygen atoms in total. The minimum Gasteiger partial charge on any atom is -0.367 e. The molecule has 148 valence electrons. The van der Waals surface area contributed by atoms with E-state index >= 15 is 0 Å². The van der Waals surface area contributed by atoms with Gasteiger partial charge in [-0.3, -0.25) is 14.5 Å². The lowest BCUT2D eigenvalue weighted by Crippen LogP contribution is -2.54. The number of hydrogen-bond donors (Lipinski definition) is 0. The Kier molecular flexibility index (Phi) is 6.47. The van der Waals surface area contributed by atoms with E-state index in [0.29, 0.717) is 24.3 Å². The number of rotatable bonds is 4. The van der Waals surface area contributed by atoms with Gasteiger partial charge in [0.25, 0.3) is 0 Å². The average Bonchev–Trinajstić information content (AvgIpc) is 2.96. The van der Waals surface area contributed by atoms with Gasteiger partial charge < -0.3 is 9.80 Å². The fourth-order valence-electron chi connectivity index (χ4n) is 4.04. The third kappa shape index (κ3) is 4.67. The molecular formula is C21H30FN3O2. The summed E-state index contributed by atoms with van der Waals surface area (Å²) in [6, 6.07) is 4.55. The normalized spacial score (nSPS) is 20.3. The van der Waals surface area contributed by atoms with Gasteiger partial charge in [0, 0.05) is 44.8 Å². The van der Waals surface area contributed by atoms with Crippen LogP contribution >= 0.6 is 0 Å². The summed E-state index contributed by atoms with van der Waals surface area (Å²) in [5.41, 5.74) is 0.928. The molecule has 0 saturated carbocycles. The molecule has 2 fully saturated rings. The van der Waals surface area contributed by atoms with Crippen LogP contribution in [0.4, 0.5) is 10.1 Å². The Morgan fingerprint density at radius 3 is 2.15 bits per heavy atom. The summed E-state index contributed by atoms with van der Waals surface area (Å²) in [6.45, 7) is 7.99. The van der Waals surface area contributed by atoms with E-state index in [1.807, 2.05) is 16.7 Å². The molecule has 1 aromatic rings. The summed E-state index contributed by atoms with van der Waals surface area (Å²) < 4.78 is 14.4. The number of carbonyl (C=O) groups is 2. The summed E-state index contributed by atoms with van der Waals surface area (Å²) in [7, 11) is 0. The van der Waals surface area contributed by atoms with Crippen molar-refractivity contribution in [3.8, 4) is 0 Å². The van der Waals surface area contributed by atoms with Crippen LogP contribution in [0.25, 0.3) is 0 Å². The summed E-state index contributed by atoms with van der Waals surface area (Å²) in [5, 5.41) is 0. The second-order valence-electron chi connectivity index (χ2n) is 7.66. The van der Waals surface area contributed by atoms with E-state index < -0.39 is 0 Å². The Labute approximate surface area is 161 Å². The van der Waals surface area contributed by atoms with Gasteiger partial charge in [-0.15, -0.1) is 0 Å². The molecule has 2 aliphatic heterocycles. The lowest BCUT2D eigenvalue weighted by atomic mass is 10.1. The quantitative estimate of drug-likeness (QED) is 0.759. The lowest BCUT2D eigenvalue weighted by molar-refractivity contribution is -0.136. The Bertz CT molecular complexity index is 678. The number of likely N-dealkylation sites (tertiary alicyclic amines) is 1. The maximum absolute atomic E-state index is 14.4. The number of halogens is 1. The maximum Gasteiger partial charge on any atom is 0.239 e. The number of anilines is 1. The summed E-state index contributed by atoms with van der Waals surface area (Å²) in [5.74, 6) is -0.265. The lowest BCUT2D eigenvalue weighted by Gasteiger charge is -2.39. The molecule has 1 atom stereocenters. The molecule has 2 aliphatic rings. The number of piperazine rings is 1. The highest BCUT2D eigenvalue weighted by molar-refractivity contribution is 5.94. The van der Waals surface area contributed by atoms with Crippen molar-refractivity contribution in [2.75, 3.05) is 44.2 Å². The molecule has 1 unspecified atom stereocenters. The van der Waals surface area contributed by atoms with Gasteiger partial charge in [0.05, 0.1) is 11.7 Å². The highest BCUT2D eigenvalue weighted by atomic mass is 19.1. The van der Waals surface area contributed by atoms with Crippen LogP contribution in [-0.4, -0.2) is 66.8 Å². The number of nitrogens with zero attached hydrogens (tertiary/aromatic N) is 3. The topological polar surface area (TPSA) is 43.9 Å². The van der Waals surface area contributed by atoms with E-state index in [-0.39, 0.29) is 23.5 Å². The van der Waals surface area contributed by atoms with E-state index in [9.17, 15) is 14.0 Å². The van der Waals surface area contributed by atoms with Crippen molar-refractivity contribution >= 4 is 17.4 Å². The third-order valence-corrected chi connectivity index (χ3v) is 5.83. The second-order valence-corrected chi connectivity index (χ2v) is 7.66. The van der Waals surface area contributed by atoms with Crippen molar-refractivity contribution in [3.05, 3.63) is 29.6 Å². The van der Waals surface area contributed by atoms with Crippen LogP contribution in [0.2, 0.25) is 0 Å². The SMILES string of the molecule is CC(=O)c1ccc(N2CCN(C(C)C(=O)N3CCCCCC3)CC2)c(F)c1. The monoisotopic (exact) mass is 375 g/mol. The fourth-order valence-corrected chi connectivity index (χ4v) is 4.04. The first kappa shape index (κ1) is 19.8. The largest absolute Gasteiger partial charge is 0.367 e. The molecule has 0 N–H and O–H groups in total. The van der Waals surface area contributed by atoms with Crippen LogP contribution in [0.15, 0.2) is 18.2 Å². The van der Waals surface area contributed by atoms with Crippen molar-refractivity contribution in [2.24, 2.45) is 0 Å². The molecular weight excluding hydrogens is 345 g/mol. The van der Waals surface area contributed by atoms with Gasteiger partial charge in [0.15, 0.2) is 5.78 Å². The van der Waals surface area contributed by atoms with Crippen molar-refractivity contribution < 1.29 is 14.0 Å². The van der Waals surface area contributed by atoms with Crippen molar-refractivity contribution in [1.82, 2.24) is 9.80 Å². The number of Topliss-reactive ketones (excluding diaryl/α,β-unsaturated/α-hetero) is 1. The van der Waals surface area contributed by atoms with Crippen LogP contribution in [-0.2, 0) is 4.79 Å². The Hall–Kier alpha value is -1.95. The first-order chi connectivity index (χ1) is 13.0. The minimum atomic E-state index is -0.357. The van der Waals surface area contributed by atoms with Gasteiger partial charge >= 0.3 is 0 Å². The molecule has 0 bridgehead atoms. The third-order valence-electron chi connectivity index (χ3n) is 5.83.